The summed E-state index contributed by atoms with van der Waals surface area (Å²) in [6.45, 7) is 10.5. The molecule has 0 saturated heterocycles. The lowest BCUT2D eigenvalue weighted by Crippen LogP contribution is -2.30. The fourth-order valence-electron chi connectivity index (χ4n) is 2.05. The van der Waals surface area contributed by atoms with Gasteiger partial charge in [0.2, 0.25) is 0 Å². The van der Waals surface area contributed by atoms with Crippen molar-refractivity contribution in [3.05, 3.63) is 29.3 Å². The maximum atomic E-state index is 5.79. The van der Waals surface area contributed by atoms with Crippen LogP contribution >= 0.6 is 0 Å². The predicted octanol–water partition coefficient (Wildman–Crippen LogP) is 2.94. The van der Waals surface area contributed by atoms with Gasteiger partial charge >= 0.3 is 0 Å². The molecule has 0 fully saturated rings. The second-order valence-electron chi connectivity index (χ2n) is 5.75. The van der Waals surface area contributed by atoms with E-state index >= 15 is 0 Å². The fraction of sp³-hybridized carbons (Fsp3) is 0.571. The molecule has 0 aliphatic rings. The van der Waals surface area contributed by atoms with Gasteiger partial charge in [-0.3, -0.25) is 0 Å². The van der Waals surface area contributed by atoms with E-state index in [4.69, 9.17) is 5.73 Å². The van der Waals surface area contributed by atoms with E-state index in [0.29, 0.717) is 12.0 Å². The first-order valence-electron chi connectivity index (χ1n) is 5.84. The minimum Gasteiger partial charge on any atom is -0.374 e. The summed E-state index contributed by atoms with van der Waals surface area (Å²) < 4.78 is 0. The Morgan fingerprint density at radius 1 is 1.25 bits per heavy atom. The molecule has 1 aromatic carbocycles. The summed E-state index contributed by atoms with van der Waals surface area (Å²) in [4.78, 5) is 2.29. The van der Waals surface area contributed by atoms with Crippen molar-refractivity contribution < 1.29 is 0 Å². The second kappa shape index (κ2) is 4.88. The lowest BCUT2D eigenvalue weighted by Gasteiger charge is -2.29. The summed E-state index contributed by atoms with van der Waals surface area (Å²) in [6.07, 6.45) is 0. The van der Waals surface area contributed by atoms with Crippen molar-refractivity contribution in [2.75, 3.05) is 18.5 Å². The van der Waals surface area contributed by atoms with Crippen LogP contribution in [0.2, 0.25) is 0 Å². The van der Waals surface area contributed by atoms with Crippen molar-refractivity contribution in [3.63, 3.8) is 0 Å². The number of hydrogen-bond donors (Lipinski definition) is 1. The molecule has 0 heterocycles. The van der Waals surface area contributed by atoms with Gasteiger partial charge in [0, 0.05) is 25.8 Å². The van der Waals surface area contributed by atoms with Crippen LogP contribution in [-0.2, 0) is 6.54 Å². The quantitative estimate of drug-likeness (QED) is 0.848. The number of benzene rings is 1. The molecule has 0 saturated carbocycles. The first kappa shape index (κ1) is 13.0. The SMILES string of the molecule is Cc1ccc(N(C)CC(C)(C)C)c(CN)c1. The van der Waals surface area contributed by atoms with E-state index < -0.39 is 0 Å². The van der Waals surface area contributed by atoms with Gasteiger partial charge in [0.15, 0.2) is 0 Å². The van der Waals surface area contributed by atoms with Crippen molar-refractivity contribution in [1.29, 1.82) is 0 Å². The van der Waals surface area contributed by atoms with Gasteiger partial charge in [0.05, 0.1) is 0 Å². The van der Waals surface area contributed by atoms with Crippen molar-refractivity contribution in [1.82, 2.24) is 0 Å². The molecule has 0 atom stereocenters. The maximum Gasteiger partial charge on any atom is 0.0409 e. The average molecular weight is 220 g/mol. The minimum atomic E-state index is 0.297. The van der Waals surface area contributed by atoms with Gasteiger partial charge in [0.1, 0.15) is 0 Å². The van der Waals surface area contributed by atoms with Gasteiger partial charge in [-0.1, -0.05) is 38.5 Å². The molecule has 0 unspecified atom stereocenters. The molecule has 0 radical (unpaired) electrons. The Bertz CT molecular complexity index is 350. The highest BCUT2D eigenvalue weighted by Crippen LogP contribution is 2.24. The van der Waals surface area contributed by atoms with Gasteiger partial charge in [-0.2, -0.15) is 0 Å². The van der Waals surface area contributed by atoms with Crippen molar-refractivity contribution in [2.45, 2.75) is 34.2 Å². The molecule has 0 aliphatic carbocycles. The average Bonchev–Trinajstić information content (AvgIpc) is 2.14. The smallest absolute Gasteiger partial charge is 0.0409 e. The molecule has 0 amide bonds. The molecule has 0 aliphatic heterocycles. The van der Waals surface area contributed by atoms with E-state index in [1.807, 2.05) is 0 Å². The van der Waals surface area contributed by atoms with Gasteiger partial charge < -0.3 is 10.6 Å². The Hall–Kier alpha value is -1.02. The zero-order valence-corrected chi connectivity index (χ0v) is 11.2. The van der Waals surface area contributed by atoms with Crippen LogP contribution in [0.15, 0.2) is 18.2 Å². The highest BCUT2D eigenvalue weighted by atomic mass is 15.1. The number of nitrogens with two attached hydrogens (primary N) is 1. The monoisotopic (exact) mass is 220 g/mol. The van der Waals surface area contributed by atoms with E-state index in [9.17, 15) is 0 Å². The molecule has 2 heteroatoms. The third-order valence-corrected chi connectivity index (χ3v) is 2.58. The molecule has 16 heavy (non-hydrogen) atoms. The molecule has 0 spiro atoms. The van der Waals surface area contributed by atoms with Crippen molar-refractivity contribution in [3.8, 4) is 0 Å². The molecule has 2 N–H and O–H groups in total. The molecule has 2 nitrogen and oxygen atoms in total. The highest BCUT2D eigenvalue weighted by Gasteiger charge is 2.15. The van der Waals surface area contributed by atoms with E-state index in [1.54, 1.807) is 0 Å². The summed E-state index contributed by atoms with van der Waals surface area (Å²) in [6, 6.07) is 6.49. The Balaban J connectivity index is 2.94. The molecule has 90 valence electrons. The minimum absolute atomic E-state index is 0.297. The summed E-state index contributed by atoms with van der Waals surface area (Å²) in [7, 11) is 2.13. The normalized spacial score (nSPS) is 11.6. The number of hydrogen-bond acceptors (Lipinski definition) is 2. The number of nitrogens with zero attached hydrogens (tertiary/aromatic N) is 1. The largest absolute Gasteiger partial charge is 0.374 e. The highest BCUT2D eigenvalue weighted by molar-refractivity contribution is 5.54. The standard InChI is InChI=1S/C14H24N2/c1-11-6-7-13(12(8-11)9-15)16(5)10-14(2,3)4/h6-8H,9-10,15H2,1-5H3. The Labute approximate surface area is 99.5 Å². The van der Waals surface area contributed by atoms with Crippen LogP contribution in [0.25, 0.3) is 0 Å². The lowest BCUT2D eigenvalue weighted by molar-refractivity contribution is 0.418. The molecule has 1 aromatic rings. The number of aryl methyl sites for hydroxylation is 1. The third-order valence-electron chi connectivity index (χ3n) is 2.58. The first-order valence-corrected chi connectivity index (χ1v) is 5.84. The first-order chi connectivity index (χ1) is 7.33. The summed E-state index contributed by atoms with van der Waals surface area (Å²) in [5, 5.41) is 0. The predicted molar refractivity (Wildman–Crippen MR) is 71.8 cm³/mol. The van der Waals surface area contributed by atoms with Gasteiger partial charge in [-0.05, 0) is 24.0 Å². The number of anilines is 1. The summed E-state index contributed by atoms with van der Waals surface area (Å²) in [5.74, 6) is 0. The zero-order chi connectivity index (χ0) is 12.3. The molecule has 1 rings (SSSR count). The van der Waals surface area contributed by atoms with Crippen LogP contribution in [-0.4, -0.2) is 13.6 Å². The lowest BCUT2D eigenvalue weighted by atomic mass is 9.95. The zero-order valence-electron chi connectivity index (χ0n) is 11.2. The summed E-state index contributed by atoms with van der Waals surface area (Å²) >= 11 is 0. The molecular weight excluding hydrogens is 196 g/mol. The van der Waals surface area contributed by atoms with Crippen LogP contribution in [0, 0.1) is 12.3 Å². The van der Waals surface area contributed by atoms with E-state index in [2.05, 4.69) is 57.8 Å². The van der Waals surface area contributed by atoms with Gasteiger partial charge in [0.25, 0.3) is 0 Å². The van der Waals surface area contributed by atoms with Crippen LogP contribution in [0.5, 0.6) is 0 Å². The number of rotatable bonds is 3. The van der Waals surface area contributed by atoms with Gasteiger partial charge in [-0.25, -0.2) is 0 Å². The van der Waals surface area contributed by atoms with Gasteiger partial charge in [-0.15, -0.1) is 0 Å². The van der Waals surface area contributed by atoms with E-state index in [-0.39, 0.29) is 0 Å². The second-order valence-corrected chi connectivity index (χ2v) is 5.75. The summed E-state index contributed by atoms with van der Waals surface area (Å²) in [5.41, 5.74) is 9.84. The van der Waals surface area contributed by atoms with Crippen molar-refractivity contribution >= 4 is 5.69 Å². The van der Waals surface area contributed by atoms with Crippen LogP contribution in [0.3, 0.4) is 0 Å². The molecule has 0 bridgehead atoms. The molecule has 0 aromatic heterocycles. The van der Waals surface area contributed by atoms with E-state index in [0.717, 1.165) is 6.54 Å². The topological polar surface area (TPSA) is 29.3 Å². The Morgan fingerprint density at radius 3 is 2.38 bits per heavy atom. The van der Waals surface area contributed by atoms with Crippen LogP contribution in [0.4, 0.5) is 5.69 Å². The Morgan fingerprint density at radius 2 is 1.88 bits per heavy atom. The van der Waals surface area contributed by atoms with Crippen LogP contribution < -0.4 is 10.6 Å². The van der Waals surface area contributed by atoms with Crippen molar-refractivity contribution in [2.24, 2.45) is 11.1 Å². The molecular formula is C14H24N2. The third kappa shape index (κ3) is 3.53. The fourth-order valence-corrected chi connectivity index (χ4v) is 2.05. The van der Waals surface area contributed by atoms with Crippen LogP contribution in [0.1, 0.15) is 31.9 Å². The van der Waals surface area contributed by atoms with E-state index in [1.165, 1.54) is 16.8 Å². The maximum absolute atomic E-state index is 5.79. The Kier molecular flexibility index (Phi) is 3.98.